The number of aromatic nitrogens is 1. The number of aromatic amines is 1. The zero-order chi connectivity index (χ0) is 19.4. The molecule has 4 nitrogen and oxygen atoms in total. The van der Waals surface area contributed by atoms with Crippen LogP contribution in [0.1, 0.15) is 44.7 Å². The molecule has 4 rings (SSSR count). The van der Waals surface area contributed by atoms with Crippen LogP contribution >= 0.6 is 12.2 Å². The summed E-state index contributed by atoms with van der Waals surface area (Å²) in [6.07, 6.45) is 3.34. The molecule has 27 heavy (non-hydrogen) atoms. The minimum Gasteiger partial charge on any atom is -0.363 e. The number of benzene rings is 1. The van der Waals surface area contributed by atoms with E-state index < -0.39 is 0 Å². The first-order valence-electron chi connectivity index (χ1n) is 10.3. The molecule has 1 aliphatic heterocycles. The lowest BCUT2D eigenvalue weighted by Gasteiger charge is -2.36. The van der Waals surface area contributed by atoms with Crippen molar-refractivity contribution in [3.63, 3.8) is 0 Å². The highest BCUT2D eigenvalue weighted by Gasteiger charge is 2.31. The molecule has 1 aromatic heterocycles. The average Bonchev–Trinajstić information content (AvgIpc) is 3.54. The molecule has 2 aliphatic rings. The molecule has 2 aromatic rings. The third kappa shape index (κ3) is 4.77. The van der Waals surface area contributed by atoms with Gasteiger partial charge in [-0.15, -0.1) is 0 Å². The maximum Gasteiger partial charge on any atom is 0.251 e. The second-order valence-corrected chi connectivity index (χ2v) is 7.69. The standard InChI is InChI=1S/C20H25N3OS.C2H6/c1-2-15-12-17-4-3-14(11-18(17)21-19(15)24)13-22-7-9-23(10-8-22)20(25)16-5-6-16;1-2/h3-4,11-12,16H,2,5-10,13H2,1H3,(H,21,24);1-2H3. The van der Waals surface area contributed by atoms with Crippen molar-refractivity contribution in [3.8, 4) is 0 Å². The van der Waals surface area contributed by atoms with E-state index in [-0.39, 0.29) is 5.56 Å². The van der Waals surface area contributed by atoms with Crippen molar-refractivity contribution in [3.05, 3.63) is 45.7 Å². The maximum atomic E-state index is 12.0. The van der Waals surface area contributed by atoms with Gasteiger partial charge in [-0.05, 0) is 42.3 Å². The van der Waals surface area contributed by atoms with Crippen LogP contribution in [-0.4, -0.2) is 46.0 Å². The number of pyridine rings is 1. The third-order valence-corrected chi connectivity index (χ3v) is 5.98. The number of H-pyrrole nitrogens is 1. The molecule has 2 fully saturated rings. The van der Waals surface area contributed by atoms with Crippen molar-refractivity contribution >= 4 is 28.1 Å². The van der Waals surface area contributed by atoms with Crippen LogP contribution in [0.4, 0.5) is 0 Å². The molecule has 0 spiro atoms. The predicted molar refractivity (Wildman–Crippen MR) is 117 cm³/mol. The molecular weight excluding hydrogens is 354 g/mol. The Morgan fingerprint density at radius 1 is 1.15 bits per heavy atom. The van der Waals surface area contributed by atoms with Crippen molar-refractivity contribution in [2.45, 2.75) is 46.6 Å². The highest BCUT2D eigenvalue weighted by molar-refractivity contribution is 7.80. The quantitative estimate of drug-likeness (QED) is 0.809. The van der Waals surface area contributed by atoms with E-state index in [2.05, 4.69) is 33.0 Å². The number of aryl methyl sites for hydroxylation is 1. The summed E-state index contributed by atoms with van der Waals surface area (Å²) >= 11 is 5.59. The molecule has 5 heteroatoms. The Kier molecular flexibility index (Phi) is 6.66. The summed E-state index contributed by atoms with van der Waals surface area (Å²) in [5.74, 6) is 0.687. The molecule has 1 aromatic carbocycles. The molecule has 146 valence electrons. The first-order valence-corrected chi connectivity index (χ1v) is 10.7. The fraction of sp³-hybridized carbons (Fsp3) is 0.545. The number of fused-ring (bicyclic) bond motifs is 1. The van der Waals surface area contributed by atoms with Crippen LogP contribution in [0.3, 0.4) is 0 Å². The van der Waals surface area contributed by atoms with Crippen LogP contribution in [0.5, 0.6) is 0 Å². The lowest BCUT2D eigenvalue weighted by atomic mass is 10.1. The molecule has 2 heterocycles. The van der Waals surface area contributed by atoms with Gasteiger partial charge in [0.25, 0.3) is 5.56 Å². The largest absolute Gasteiger partial charge is 0.363 e. The SMILES string of the molecule is CC.CCc1cc2ccc(CN3CCN(C(=S)C4CC4)CC3)cc2[nH]c1=O. The average molecular weight is 386 g/mol. The third-order valence-electron chi connectivity index (χ3n) is 5.38. The van der Waals surface area contributed by atoms with E-state index in [1.54, 1.807) is 0 Å². The minimum absolute atomic E-state index is 0.0364. The number of thiocarbonyl (C=S) groups is 1. The van der Waals surface area contributed by atoms with E-state index in [0.29, 0.717) is 5.92 Å². The second-order valence-electron chi connectivity index (χ2n) is 7.27. The molecule has 0 unspecified atom stereocenters. The second kappa shape index (κ2) is 8.98. The lowest BCUT2D eigenvalue weighted by Crippen LogP contribution is -2.48. The summed E-state index contributed by atoms with van der Waals surface area (Å²) in [5, 5.41) is 1.11. The van der Waals surface area contributed by atoms with Gasteiger partial charge in [0.2, 0.25) is 0 Å². The Balaban J connectivity index is 0.00000102. The number of nitrogens with one attached hydrogen (secondary N) is 1. The fourth-order valence-electron chi connectivity index (χ4n) is 3.63. The maximum absolute atomic E-state index is 12.0. The zero-order valence-electron chi connectivity index (χ0n) is 16.8. The van der Waals surface area contributed by atoms with Gasteiger partial charge < -0.3 is 9.88 Å². The first-order chi connectivity index (χ1) is 13.1. The van der Waals surface area contributed by atoms with Crippen LogP contribution in [0.25, 0.3) is 10.9 Å². The van der Waals surface area contributed by atoms with E-state index in [4.69, 9.17) is 12.2 Å². The van der Waals surface area contributed by atoms with Crippen molar-refractivity contribution in [2.24, 2.45) is 5.92 Å². The van der Waals surface area contributed by atoms with Gasteiger partial charge in [0.1, 0.15) is 0 Å². The molecular formula is C22H31N3OS. The van der Waals surface area contributed by atoms with Gasteiger partial charge in [0.15, 0.2) is 0 Å². The van der Waals surface area contributed by atoms with Crippen molar-refractivity contribution in [1.29, 1.82) is 0 Å². The molecule has 1 N–H and O–H groups in total. The van der Waals surface area contributed by atoms with Crippen LogP contribution in [-0.2, 0) is 13.0 Å². The summed E-state index contributed by atoms with van der Waals surface area (Å²) in [6.45, 7) is 11.1. The molecule has 1 saturated carbocycles. The smallest absolute Gasteiger partial charge is 0.251 e. The normalized spacial score (nSPS) is 17.5. The molecule has 0 amide bonds. The Morgan fingerprint density at radius 2 is 1.85 bits per heavy atom. The minimum atomic E-state index is 0.0364. The van der Waals surface area contributed by atoms with Gasteiger partial charge in [-0.3, -0.25) is 9.69 Å². The highest BCUT2D eigenvalue weighted by Crippen LogP contribution is 2.32. The Bertz CT molecular complexity index is 848. The Morgan fingerprint density at radius 3 is 2.48 bits per heavy atom. The summed E-state index contributed by atoms with van der Waals surface area (Å²) in [5.41, 5.74) is 3.08. The summed E-state index contributed by atoms with van der Waals surface area (Å²) < 4.78 is 0. The number of rotatable bonds is 4. The number of hydrogen-bond acceptors (Lipinski definition) is 3. The zero-order valence-corrected chi connectivity index (χ0v) is 17.6. The van der Waals surface area contributed by atoms with Crippen LogP contribution in [0, 0.1) is 5.92 Å². The van der Waals surface area contributed by atoms with Crippen molar-refractivity contribution in [2.75, 3.05) is 26.2 Å². The van der Waals surface area contributed by atoms with Crippen LogP contribution in [0.15, 0.2) is 29.1 Å². The van der Waals surface area contributed by atoms with Gasteiger partial charge in [-0.25, -0.2) is 0 Å². The molecule has 0 atom stereocenters. The van der Waals surface area contributed by atoms with Crippen LogP contribution in [0.2, 0.25) is 0 Å². The highest BCUT2D eigenvalue weighted by atomic mass is 32.1. The monoisotopic (exact) mass is 385 g/mol. The van der Waals surface area contributed by atoms with Crippen LogP contribution < -0.4 is 5.56 Å². The van der Waals surface area contributed by atoms with Gasteiger partial charge in [-0.1, -0.05) is 45.1 Å². The van der Waals surface area contributed by atoms with E-state index in [1.165, 1.54) is 23.4 Å². The summed E-state index contributed by atoms with van der Waals surface area (Å²) in [6, 6.07) is 8.44. The molecule has 1 saturated heterocycles. The topological polar surface area (TPSA) is 39.3 Å². The molecule has 1 aliphatic carbocycles. The molecule has 0 bridgehead atoms. The predicted octanol–water partition coefficient (Wildman–Crippen LogP) is 3.97. The van der Waals surface area contributed by atoms with E-state index >= 15 is 0 Å². The van der Waals surface area contributed by atoms with Gasteiger partial charge in [0, 0.05) is 49.7 Å². The lowest BCUT2D eigenvalue weighted by molar-refractivity contribution is 0.175. The first kappa shape index (κ1) is 20.0. The fourth-order valence-corrected chi connectivity index (χ4v) is 4.05. The van der Waals surface area contributed by atoms with Crippen molar-refractivity contribution < 1.29 is 0 Å². The summed E-state index contributed by atoms with van der Waals surface area (Å²) in [4.78, 5) is 21.1. The van der Waals surface area contributed by atoms with E-state index in [0.717, 1.165) is 55.6 Å². The molecule has 0 radical (unpaired) electrons. The Hall–Kier alpha value is -1.72. The van der Waals surface area contributed by atoms with Gasteiger partial charge in [-0.2, -0.15) is 0 Å². The number of hydrogen-bond donors (Lipinski definition) is 1. The van der Waals surface area contributed by atoms with Gasteiger partial charge in [0.05, 0.1) is 4.99 Å². The number of nitrogens with zero attached hydrogens (tertiary/aromatic N) is 2. The van der Waals surface area contributed by atoms with Crippen molar-refractivity contribution in [1.82, 2.24) is 14.8 Å². The Labute approximate surface area is 167 Å². The van der Waals surface area contributed by atoms with Gasteiger partial charge >= 0.3 is 0 Å². The number of piperazine rings is 1. The van der Waals surface area contributed by atoms with E-state index in [1.807, 2.05) is 26.8 Å². The van der Waals surface area contributed by atoms with E-state index in [9.17, 15) is 4.79 Å². The summed E-state index contributed by atoms with van der Waals surface area (Å²) in [7, 11) is 0.